The molecule has 0 radical (unpaired) electrons. The Balaban J connectivity index is 1.95. The summed E-state index contributed by atoms with van der Waals surface area (Å²) in [4.78, 5) is 16.4. The Kier molecular flexibility index (Phi) is 4.55. The summed E-state index contributed by atoms with van der Waals surface area (Å²) in [7, 11) is 1.64. The molecular weight excluding hydrogens is 370 g/mol. The zero-order valence-corrected chi connectivity index (χ0v) is 15.4. The van der Waals surface area contributed by atoms with Gasteiger partial charge in [-0.05, 0) is 35.7 Å². The van der Waals surface area contributed by atoms with E-state index in [4.69, 9.17) is 16.3 Å². The lowest BCUT2D eigenvalue weighted by atomic mass is 10.1. The molecule has 130 valence electrons. The molecule has 0 aliphatic rings. The minimum Gasteiger partial charge on any atom is -0.378 e. The summed E-state index contributed by atoms with van der Waals surface area (Å²) < 4.78 is 7.25. The monoisotopic (exact) mass is 383 g/mol. The number of thiophene rings is 1. The zero-order valence-electron chi connectivity index (χ0n) is 13.8. The molecule has 7 heteroatoms. The Morgan fingerprint density at radius 2 is 2.15 bits per heavy atom. The second-order valence-electron chi connectivity index (χ2n) is 5.66. The van der Waals surface area contributed by atoms with Crippen molar-refractivity contribution in [3.8, 4) is 16.8 Å². The first-order chi connectivity index (χ1) is 12.7. The molecule has 0 unspecified atom stereocenters. The third kappa shape index (κ3) is 2.82. The first-order valence-corrected chi connectivity index (χ1v) is 9.12. The van der Waals surface area contributed by atoms with Crippen molar-refractivity contribution in [3.63, 3.8) is 0 Å². The van der Waals surface area contributed by atoms with Crippen molar-refractivity contribution in [1.29, 1.82) is 0 Å². The van der Waals surface area contributed by atoms with Gasteiger partial charge in [0.15, 0.2) is 6.29 Å². The van der Waals surface area contributed by atoms with Crippen molar-refractivity contribution in [2.75, 3.05) is 7.11 Å². The quantitative estimate of drug-likeness (QED) is 0.466. The van der Waals surface area contributed by atoms with E-state index < -0.39 is 0 Å². The zero-order chi connectivity index (χ0) is 18.1. The molecule has 0 fully saturated rings. The predicted octanol–water partition coefficient (Wildman–Crippen LogP) is 4.76. The van der Waals surface area contributed by atoms with Crippen molar-refractivity contribution in [3.05, 3.63) is 63.7 Å². The van der Waals surface area contributed by atoms with Crippen LogP contribution < -0.4 is 0 Å². The number of carbonyl (C=O) groups excluding carboxylic acids is 1. The van der Waals surface area contributed by atoms with E-state index in [1.54, 1.807) is 19.5 Å². The molecule has 0 saturated heterocycles. The largest absolute Gasteiger partial charge is 0.378 e. The number of hydrogen-bond donors (Lipinski definition) is 0. The number of aldehydes is 1. The molecule has 4 aromatic rings. The topological polar surface area (TPSA) is 57.0 Å². The number of carbonyl (C=O) groups is 1. The van der Waals surface area contributed by atoms with E-state index in [0.29, 0.717) is 16.5 Å². The Morgan fingerprint density at radius 1 is 1.27 bits per heavy atom. The minimum absolute atomic E-state index is 0.362. The maximum absolute atomic E-state index is 11.3. The lowest BCUT2D eigenvalue weighted by Gasteiger charge is -2.11. The maximum atomic E-state index is 11.3. The van der Waals surface area contributed by atoms with Gasteiger partial charge in [0.05, 0.1) is 34.6 Å². The number of pyridine rings is 1. The second kappa shape index (κ2) is 6.99. The SMILES string of the molecule is COCc1c(-c2ccsc2C=O)cnn1-c1ccnc2cc(Cl)ccc12. The van der Waals surface area contributed by atoms with E-state index >= 15 is 0 Å². The molecule has 3 heterocycles. The van der Waals surface area contributed by atoms with Gasteiger partial charge >= 0.3 is 0 Å². The number of methoxy groups -OCH3 is 1. The first-order valence-electron chi connectivity index (χ1n) is 7.86. The number of nitrogens with zero attached hydrogens (tertiary/aromatic N) is 3. The highest BCUT2D eigenvalue weighted by atomic mass is 35.5. The van der Waals surface area contributed by atoms with Crippen molar-refractivity contribution in [2.45, 2.75) is 6.61 Å². The van der Waals surface area contributed by atoms with Gasteiger partial charge in [-0.3, -0.25) is 9.78 Å². The summed E-state index contributed by atoms with van der Waals surface area (Å²) in [6.07, 6.45) is 4.37. The van der Waals surface area contributed by atoms with Crippen LogP contribution in [0.25, 0.3) is 27.7 Å². The number of ether oxygens (including phenoxy) is 1. The molecular formula is C19H14ClN3O2S. The van der Waals surface area contributed by atoms with E-state index in [0.717, 1.165) is 39.7 Å². The van der Waals surface area contributed by atoms with Crippen LogP contribution in [0.1, 0.15) is 15.4 Å². The Labute approximate surface area is 158 Å². The fourth-order valence-electron chi connectivity index (χ4n) is 3.01. The standard InChI is InChI=1S/C19H14ClN3O2S/c1-25-11-18-15(13-5-7-26-19(13)10-24)9-22-23(18)17-4-6-21-16-8-12(20)2-3-14(16)17/h2-10H,11H2,1H3. The molecule has 0 bridgehead atoms. The summed E-state index contributed by atoms with van der Waals surface area (Å²) in [5.74, 6) is 0. The van der Waals surface area contributed by atoms with Crippen LogP contribution in [0.15, 0.2) is 48.1 Å². The molecule has 0 spiro atoms. The number of rotatable bonds is 5. The van der Waals surface area contributed by atoms with Crippen molar-refractivity contribution >= 4 is 40.1 Å². The van der Waals surface area contributed by atoms with Crippen LogP contribution in [0.5, 0.6) is 0 Å². The van der Waals surface area contributed by atoms with E-state index in [1.165, 1.54) is 11.3 Å². The summed E-state index contributed by atoms with van der Waals surface area (Å²) in [5, 5.41) is 8.04. The van der Waals surface area contributed by atoms with Gasteiger partial charge in [-0.15, -0.1) is 11.3 Å². The second-order valence-corrected chi connectivity index (χ2v) is 7.04. The lowest BCUT2D eigenvalue weighted by Crippen LogP contribution is -2.05. The molecule has 0 amide bonds. The van der Waals surface area contributed by atoms with Gasteiger partial charge in [0.25, 0.3) is 0 Å². The van der Waals surface area contributed by atoms with Crippen molar-refractivity contribution < 1.29 is 9.53 Å². The lowest BCUT2D eigenvalue weighted by molar-refractivity contribution is 0.112. The van der Waals surface area contributed by atoms with E-state index in [9.17, 15) is 4.79 Å². The predicted molar refractivity (Wildman–Crippen MR) is 103 cm³/mol. The van der Waals surface area contributed by atoms with Crippen LogP contribution in [-0.2, 0) is 11.3 Å². The molecule has 5 nitrogen and oxygen atoms in total. The number of hydrogen-bond acceptors (Lipinski definition) is 5. The fourth-order valence-corrected chi connectivity index (χ4v) is 3.89. The Morgan fingerprint density at radius 3 is 2.96 bits per heavy atom. The van der Waals surface area contributed by atoms with Gasteiger partial charge in [0.1, 0.15) is 0 Å². The third-order valence-electron chi connectivity index (χ3n) is 4.15. The first kappa shape index (κ1) is 16.9. The van der Waals surface area contributed by atoms with Crippen molar-refractivity contribution in [2.24, 2.45) is 0 Å². The Hall–Kier alpha value is -2.54. The molecule has 0 saturated carbocycles. The van der Waals surface area contributed by atoms with E-state index in [-0.39, 0.29) is 0 Å². The molecule has 0 atom stereocenters. The van der Waals surface area contributed by atoms with Crippen LogP contribution in [0, 0.1) is 0 Å². The molecule has 26 heavy (non-hydrogen) atoms. The smallest absolute Gasteiger partial charge is 0.160 e. The molecule has 4 rings (SSSR count). The molecule has 1 aromatic carbocycles. The van der Waals surface area contributed by atoms with Gasteiger partial charge in [-0.2, -0.15) is 5.10 Å². The average Bonchev–Trinajstić information content (AvgIpc) is 3.27. The van der Waals surface area contributed by atoms with Gasteiger partial charge in [0.2, 0.25) is 0 Å². The summed E-state index contributed by atoms with van der Waals surface area (Å²) in [6.45, 7) is 0.362. The van der Waals surface area contributed by atoms with Gasteiger partial charge in [-0.1, -0.05) is 11.6 Å². The van der Waals surface area contributed by atoms with Gasteiger partial charge < -0.3 is 4.74 Å². The number of halogens is 1. The minimum atomic E-state index is 0.362. The van der Waals surface area contributed by atoms with Crippen LogP contribution in [-0.4, -0.2) is 28.2 Å². The molecule has 0 N–H and O–H groups in total. The van der Waals surface area contributed by atoms with Crippen LogP contribution >= 0.6 is 22.9 Å². The van der Waals surface area contributed by atoms with Crippen molar-refractivity contribution in [1.82, 2.24) is 14.8 Å². The average molecular weight is 384 g/mol. The van der Waals surface area contributed by atoms with E-state index in [1.807, 2.05) is 40.4 Å². The molecule has 0 aliphatic carbocycles. The van der Waals surface area contributed by atoms with Crippen LogP contribution in [0.4, 0.5) is 0 Å². The van der Waals surface area contributed by atoms with Crippen LogP contribution in [0.3, 0.4) is 0 Å². The van der Waals surface area contributed by atoms with E-state index in [2.05, 4.69) is 10.1 Å². The Bertz CT molecular complexity index is 1100. The fraction of sp³-hybridized carbons (Fsp3) is 0.105. The number of aromatic nitrogens is 3. The van der Waals surface area contributed by atoms with Gasteiger partial charge in [-0.25, -0.2) is 4.68 Å². The normalized spacial score (nSPS) is 11.2. The van der Waals surface area contributed by atoms with Crippen LogP contribution in [0.2, 0.25) is 5.02 Å². The highest BCUT2D eigenvalue weighted by Crippen LogP contribution is 2.33. The molecule has 3 aromatic heterocycles. The highest BCUT2D eigenvalue weighted by molar-refractivity contribution is 7.12. The highest BCUT2D eigenvalue weighted by Gasteiger charge is 2.18. The maximum Gasteiger partial charge on any atom is 0.160 e. The summed E-state index contributed by atoms with van der Waals surface area (Å²) in [5.41, 5.74) is 4.29. The summed E-state index contributed by atoms with van der Waals surface area (Å²) in [6, 6.07) is 9.42. The molecule has 0 aliphatic heterocycles. The number of fused-ring (bicyclic) bond motifs is 1. The summed E-state index contributed by atoms with van der Waals surface area (Å²) >= 11 is 7.50. The third-order valence-corrected chi connectivity index (χ3v) is 5.23. The van der Waals surface area contributed by atoms with Gasteiger partial charge in [0, 0.05) is 34.8 Å². The number of benzene rings is 1.